The van der Waals surface area contributed by atoms with Gasteiger partial charge in [-0.2, -0.15) is 0 Å². The molecular weight excluding hydrogens is 544 g/mol. The van der Waals surface area contributed by atoms with Crippen LogP contribution in [0.5, 0.6) is 5.75 Å². The molecule has 0 radical (unpaired) electrons. The van der Waals surface area contributed by atoms with Crippen molar-refractivity contribution in [2.45, 2.75) is 26.8 Å². The van der Waals surface area contributed by atoms with Gasteiger partial charge in [0, 0.05) is 11.6 Å². The van der Waals surface area contributed by atoms with Crippen LogP contribution in [0.2, 0.25) is 0 Å². The van der Waals surface area contributed by atoms with E-state index < -0.39 is 18.0 Å². The predicted molar refractivity (Wildman–Crippen MR) is 154 cm³/mol. The number of carbonyl (C=O) groups excluding carboxylic acids is 2. The van der Waals surface area contributed by atoms with E-state index in [0.29, 0.717) is 49.0 Å². The van der Waals surface area contributed by atoms with Crippen molar-refractivity contribution in [3.8, 4) is 17.1 Å². The molecule has 0 saturated heterocycles. The maximum atomic E-state index is 13.8. The highest BCUT2D eigenvalue weighted by Gasteiger charge is 2.33. The number of nitrogens with zero attached hydrogens (tertiary/aromatic N) is 2. The van der Waals surface area contributed by atoms with Crippen molar-refractivity contribution < 1.29 is 28.2 Å². The molecule has 5 rings (SSSR count). The summed E-state index contributed by atoms with van der Waals surface area (Å²) in [6.07, 6.45) is 1.65. The first kappa shape index (κ1) is 27.9. The van der Waals surface area contributed by atoms with Crippen LogP contribution < -0.4 is 19.6 Å². The smallest absolute Gasteiger partial charge is 0.338 e. The Hall–Kier alpha value is -4.70. The molecule has 0 N–H and O–H groups in total. The van der Waals surface area contributed by atoms with Gasteiger partial charge >= 0.3 is 11.9 Å². The van der Waals surface area contributed by atoms with E-state index in [9.17, 15) is 14.4 Å². The molecule has 2 aromatic heterocycles. The quantitative estimate of drug-likeness (QED) is 0.306. The molecule has 2 aromatic carbocycles. The molecule has 3 heterocycles. The molecule has 210 valence electrons. The van der Waals surface area contributed by atoms with Gasteiger partial charge in [0.05, 0.1) is 48.2 Å². The summed E-state index contributed by atoms with van der Waals surface area (Å²) >= 11 is 1.20. The Balaban J connectivity index is 1.60. The van der Waals surface area contributed by atoms with E-state index in [-0.39, 0.29) is 17.7 Å². The monoisotopic (exact) mass is 572 g/mol. The molecule has 0 saturated carbocycles. The lowest BCUT2D eigenvalue weighted by Crippen LogP contribution is -2.39. The topological polar surface area (TPSA) is 109 Å². The lowest BCUT2D eigenvalue weighted by Gasteiger charge is -2.25. The van der Waals surface area contributed by atoms with Gasteiger partial charge < -0.3 is 18.6 Å². The zero-order valence-electron chi connectivity index (χ0n) is 23.2. The number of rotatable bonds is 7. The summed E-state index contributed by atoms with van der Waals surface area (Å²) in [5.41, 5.74) is 3.15. The molecule has 0 aliphatic carbocycles. The minimum atomic E-state index is -0.756. The first-order valence-electron chi connectivity index (χ1n) is 12.9. The third-order valence-corrected chi connectivity index (χ3v) is 7.72. The fourth-order valence-corrected chi connectivity index (χ4v) is 5.77. The van der Waals surface area contributed by atoms with Crippen LogP contribution in [0.3, 0.4) is 0 Å². The second kappa shape index (κ2) is 11.4. The van der Waals surface area contributed by atoms with Gasteiger partial charge in [-0.25, -0.2) is 14.6 Å². The van der Waals surface area contributed by atoms with E-state index in [1.165, 1.54) is 23.0 Å². The normalized spacial score (nSPS) is 14.9. The van der Waals surface area contributed by atoms with Crippen LogP contribution in [0.1, 0.15) is 47.1 Å². The molecule has 1 aliphatic rings. The van der Waals surface area contributed by atoms with Crippen LogP contribution >= 0.6 is 11.3 Å². The standard InChI is InChI=1S/C31H28N2O7S/c1-6-39-29(35)21-9-7-8-19(14-21)23-13-12-22(40-23)16-25-28(34)33-27(20-11-10-17(2)24(15-20)37-4)26(30(36)38-5)18(3)32-31(33)41-25/h7-16,27H,6H2,1-5H3/b25-16+/t27-/m0/s1. The number of benzene rings is 2. The highest BCUT2D eigenvalue weighted by molar-refractivity contribution is 7.07. The van der Waals surface area contributed by atoms with Crippen LogP contribution in [0.15, 0.2) is 80.1 Å². The second-order valence-electron chi connectivity index (χ2n) is 9.31. The Morgan fingerprint density at radius 3 is 2.61 bits per heavy atom. The molecular formula is C31H28N2O7S. The molecule has 10 heteroatoms. The molecule has 4 aromatic rings. The maximum absolute atomic E-state index is 13.8. The van der Waals surface area contributed by atoms with Crippen LogP contribution in [0, 0.1) is 6.92 Å². The summed E-state index contributed by atoms with van der Waals surface area (Å²) in [6, 6.07) is 15.3. The summed E-state index contributed by atoms with van der Waals surface area (Å²) in [4.78, 5) is 43.9. The van der Waals surface area contributed by atoms with Crippen molar-refractivity contribution in [3.63, 3.8) is 0 Å². The highest BCUT2D eigenvalue weighted by atomic mass is 32.1. The molecule has 0 fully saturated rings. The number of fused-ring (bicyclic) bond motifs is 1. The first-order valence-corrected chi connectivity index (χ1v) is 13.7. The van der Waals surface area contributed by atoms with Crippen molar-refractivity contribution in [3.05, 3.63) is 108 Å². The Labute approximate surface area is 239 Å². The second-order valence-corrected chi connectivity index (χ2v) is 10.3. The van der Waals surface area contributed by atoms with E-state index >= 15 is 0 Å². The van der Waals surface area contributed by atoms with E-state index in [0.717, 1.165) is 5.56 Å². The summed E-state index contributed by atoms with van der Waals surface area (Å²) in [6.45, 7) is 5.68. The van der Waals surface area contributed by atoms with Crippen molar-refractivity contribution in [1.29, 1.82) is 0 Å². The fraction of sp³-hybridized carbons (Fsp3) is 0.226. The maximum Gasteiger partial charge on any atom is 0.338 e. The van der Waals surface area contributed by atoms with Crippen molar-refractivity contribution in [2.75, 3.05) is 20.8 Å². The van der Waals surface area contributed by atoms with Crippen LogP contribution in [-0.2, 0) is 14.3 Å². The number of methoxy groups -OCH3 is 2. The Kier molecular flexibility index (Phi) is 7.76. The first-order chi connectivity index (χ1) is 19.7. The Bertz CT molecular complexity index is 1880. The summed E-state index contributed by atoms with van der Waals surface area (Å²) in [7, 11) is 2.88. The number of hydrogen-bond acceptors (Lipinski definition) is 9. The third-order valence-electron chi connectivity index (χ3n) is 6.73. The number of esters is 2. The van der Waals surface area contributed by atoms with Gasteiger partial charge in [0.1, 0.15) is 17.3 Å². The number of ether oxygens (including phenoxy) is 3. The predicted octanol–water partition coefficient (Wildman–Crippen LogP) is 4.16. The zero-order chi connectivity index (χ0) is 29.3. The van der Waals surface area contributed by atoms with Gasteiger partial charge in [-0.1, -0.05) is 35.6 Å². The number of furan rings is 1. The Morgan fingerprint density at radius 1 is 1.07 bits per heavy atom. The highest BCUT2D eigenvalue weighted by Crippen LogP contribution is 2.33. The number of thiazole rings is 1. The molecule has 9 nitrogen and oxygen atoms in total. The van der Waals surface area contributed by atoms with Crippen molar-refractivity contribution >= 4 is 29.4 Å². The number of carbonyl (C=O) groups is 2. The van der Waals surface area contributed by atoms with E-state index in [1.807, 2.05) is 31.2 Å². The summed E-state index contributed by atoms with van der Waals surface area (Å²) in [5.74, 6) is 0.641. The lowest BCUT2D eigenvalue weighted by molar-refractivity contribution is -0.136. The molecule has 41 heavy (non-hydrogen) atoms. The lowest BCUT2D eigenvalue weighted by atomic mass is 9.95. The Morgan fingerprint density at radius 2 is 1.88 bits per heavy atom. The van der Waals surface area contributed by atoms with Crippen LogP contribution in [0.25, 0.3) is 17.4 Å². The SMILES string of the molecule is CCOC(=O)c1cccc(-c2ccc(/C=c3/sc4n(c3=O)[C@@H](c3ccc(C)c(OC)c3)C(C(=O)OC)=C(C)N=4)o2)c1. The summed E-state index contributed by atoms with van der Waals surface area (Å²) in [5, 5.41) is 0. The average Bonchev–Trinajstić information content (AvgIpc) is 3.56. The van der Waals surface area contributed by atoms with Gasteiger partial charge in [-0.05, 0) is 62.2 Å². The minimum absolute atomic E-state index is 0.277. The molecule has 0 amide bonds. The summed E-state index contributed by atoms with van der Waals surface area (Å²) < 4.78 is 23.6. The van der Waals surface area contributed by atoms with E-state index in [1.54, 1.807) is 57.4 Å². The third kappa shape index (κ3) is 5.26. The number of aromatic nitrogens is 1. The van der Waals surface area contributed by atoms with Crippen LogP contribution in [-0.4, -0.2) is 37.3 Å². The van der Waals surface area contributed by atoms with E-state index in [2.05, 4.69) is 4.99 Å². The molecule has 0 spiro atoms. The van der Waals surface area contributed by atoms with Crippen LogP contribution in [0.4, 0.5) is 0 Å². The van der Waals surface area contributed by atoms with Gasteiger partial charge in [-0.15, -0.1) is 0 Å². The largest absolute Gasteiger partial charge is 0.496 e. The van der Waals surface area contributed by atoms with Gasteiger partial charge in [0.25, 0.3) is 5.56 Å². The molecule has 0 unspecified atom stereocenters. The van der Waals surface area contributed by atoms with Crippen molar-refractivity contribution in [1.82, 2.24) is 4.57 Å². The van der Waals surface area contributed by atoms with Gasteiger partial charge in [0.2, 0.25) is 0 Å². The molecule has 0 bridgehead atoms. The van der Waals surface area contributed by atoms with Gasteiger partial charge in [0.15, 0.2) is 4.80 Å². The number of allylic oxidation sites excluding steroid dienone is 1. The fourth-order valence-electron chi connectivity index (χ4n) is 4.74. The number of hydrogen-bond donors (Lipinski definition) is 0. The molecule has 1 atom stereocenters. The minimum Gasteiger partial charge on any atom is -0.496 e. The zero-order valence-corrected chi connectivity index (χ0v) is 24.0. The molecule has 1 aliphatic heterocycles. The van der Waals surface area contributed by atoms with Crippen molar-refractivity contribution in [2.24, 2.45) is 4.99 Å². The number of aryl methyl sites for hydroxylation is 1. The van der Waals surface area contributed by atoms with Gasteiger partial charge in [-0.3, -0.25) is 9.36 Å². The average molecular weight is 573 g/mol. The van der Waals surface area contributed by atoms with E-state index in [4.69, 9.17) is 18.6 Å².